The lowest BCUT2D eigenvalue weighted by molar-refractivity contribution is 0.884. The minimum Gasteiger partial charge on any atom is -0.369 e. The summed E-state index contributed by atoms with van der Waals surface area (Å²) in [4.78, 5) is 6.53. The molecule has 0 unspecified atom stereocenters. The van der Waals surface area contributed by atoms with Gasteiger partial charge < -0.3 is 4.90 Å². The van der Waals surface area contributed by atoms with E-state index in [9.17, 15) is 0 Å². The second-order valence-corrected chi connectivity index (χ2v) is 4.02. The fourth-order valence-corrected chi connectivity index (χ4v) is 1.69. The maximum Gasteiger partial charge on any atom is 0.0598 e. The SMILES string of the molecule is Cc1cccc(N(C)Cc2ccccn2)c1. The predicted octanol–water partition coefficient (Wildman–Crippen LogP) is 3.03. The molecular weight excluding hydrogens is 196 g/mol. The van der Waals surface area contributed by atoms with E-state index in [1.807, 2.05) is 24.4 Å². The minimum absolute atomic E-state index is 0.838. The number of rotatable bonds is 3. The quantitative estimate of drug-likeness (QED) is 0.777. The summed E-state index contributed by atoms with van der Waals surface area (Å²) in [6.45, 7) is 2.95. The fourth-order valence-electron chi connectivity index (χ4n) is 1.69. The van der Waals surface area contributed by atoms with E-state index in [0.29, 0.717) is 0 Å². The molecule has 0 spiro atoms. The highest BCUT2D eigenvalue weighted by Gasteiger charge is 2.02. The van der Waals surface area contributed by atoms with Crippen LogP contribution in [0.5, 0.6) is 0 Å². The average Bonchev–Trinajstić information content (AvgIpc) is 2.30. The number of aromatic nitrogens is 1. The van der Waals surface area contributed by atoms with E-state index in [-0.39, 0.29) is 0 Å². The van der Waals surface area contributed by atoms with Crippen molar-refractivity contribution in [2.75, 3.05) is 11.9 Å². The van der Waals surface area contributed by atoms with Crippen LogP contribution >= 0.6 is 0 Å². The molecule has 0 atom stereocenters. The topological polar surface area (TPSA) is 16.1 Å². The zero-order valence-electron chi connectivity index (χ0n) is 9.72. The van der Waals surface area contributed by atoms with Crippen molar-refractivity contribution in [1.29, 1.82) is 0 Å². The van der Waals surface area contributed by atoms with Gasteiger partial charge >= 0.3 is 0 Å². The Kier molecular flexibility index (Phi) is 3.20. The van der Waals surface area contributed by atoms with E-state index in [2.05, 4.69) is 48.1 Å². The van der Waals surface area contributed by atoms with Gasteiger partial charge in [0.1, 0.15) is 0 Å². The van der Waals surface area contributed by atoms with E-state index in [1.54, 1.807) is 0 Å². The van der Waals surface area contributed by atoms with Gasteiger partial charge in [0, 0.05) is 18.9 Å². The van der Waals surface area contributed by atoms with Gasteiger partial charge in [0.15, 0.2) is 0 Å². The molecule has 0 aliphatic carbocycles. The van der Waals surface area contributed by atoms with Gasteiger partial charge in [-0.15, -0.1) is 0 Å². The summed E-state index contributed by atoms with van der Waals surface area (Å²) in [6, 6.07) is 14.5. The van der Waals surface area contributed by atoms with Crippen LogP contribution in [0.3, 0.4) is 0 Å². The molecule has 0 bridgehead atoms. The second-order valence-electron chi connectivity index (χ2n) is 4.02. The number of anilines is 1. The van der Waals surface area contributed by atoms with Gasteiger partial charge in [-0.3, -0.25) is 4.98 Å². The van der Waals surface area contributed by atoms with Gasteiger partial charge in [0.25, 0.3) is 0 Å². The first-order valence-electron chi connectivity index (χ1n) is 5.43. The number of hydrogen-bond donors (Lipinski definition) is 0. The molecule has 82 valence electrons. The van der Waals surface area contributed by atoms with Crippen molar-refractivity contribution in [1.82, 2.24) is 4.98 Å². The van der Waals surface area contributed by atoms with Crippen LogP contribution in [0.4, 0.5) is 5.69 Å². The highest BCUT2D eigenvalue weighted by molar-refractivity contribution is 5.47. The Morgan fingerprint density at radius 3 is 2.69 bits per heavy atom. The van der Waals surface area contributed by atoms with Crippen LogP contribution in [0.1, 0.15) is 11.3 Å². The zero-order valence-corrected chi connectivity index (χ0v) is 9.72. The van der Waals surface area contributed by atoms with Gasteiger partial charge in [0.2, 0.25) is 0 Å². The normalized spacial score (nSPS) is 10.1. The molecular formula is C14H16N2. The van der Waals surface area contributed by atoms with Gasteiger partial charge in [-0.2, -0.15) is 0 Å². The Morgan fingerprint density at radius 1 is 1.12 bits per heavy atom. The summed E-state index contributed by atoms with van der Waals surface area (Å²) < 4.78 is 0. The van der Waals surface area contributed by atoms with Crippen LogP contribution in [0, 0.1) is 6.92 Å². The monoisotopic (exact) mass is 212 g/mol. The summed E-state index contributed by atoms with van der Waals surface area (Å²) in [5, 5.41) is 0. The van der Waals surface area contributed by atoms with Crippen molar-refractivity contribution in [3.63, 3.8) is 0 Å². The number of aryl methyl sites for hydroxylation is 1. The summed E-state index contributed by atoms with van der Waals surface area (Å²) in [6.07, 6.45) is 1.83. The maximum absolute atomic E-state index is 4.32. The highest BCUT2D eigenvalue weighted by Crippen LogP contribution is 2.15. The largest absolute Gasteiger partial charge is 0.369 e. The van der Waals surface area contributed by atoms with Gasteiger partial charge in [-0.25, -0.2) is 0 Å². The first-order valence-corrected chi connectivity index (χ1v) is 5.43. The van der Waals surface area contributed by atoms with Crippen molar-refractivity contribution in [2.45, 2.75) is 13.5 Å². The molecule has 0 radical (unpaired) electrons. The summed E-state index contributed by atoms with van der Waals surface area (Å²) in [5.41, 5.74) is 3.60. The summed E-state index contributed by atoms with van der Waals surface area (Å²) >= 11 is 0. The molecule has 1 aromatic heterocycles. The van der Waals surface area contributed by atoms with Crippen LogP contribution in [-0.4, -0.2) is 12.0 Å². The number of benzene rings is 1. The standard InChI is InChI=1S/C14H16N2/c1-12-6-5-8-14(10-12)16(2)11-13-7-3-4-9-15-13/h3-10H,11H2,1-2H3. The van der Waals surface area contributed by atoms with E-state index >= 15 is 0 Å². The van der Waals surface area contributed by atoms with Crippen LogP contribution in [0.2, 0.25) is 0 Å². The predicted molar refractivity (Wildman–Crippen MR) is 67.5 cm³/mol. The lowest BCUT2D eigenvalue weighted by Gasteiger charge is -2.19. The lowest BCUT2D eigenvalue weighted by atomic mass is 10.2. The molecule has 0 N–H and O–H groups in total. The highest BCUT2D eigenvalue weighted by atomic mass is 15.1. The number of pyridine rings is 1. The third-order valence-electron chi connectivity index (χ3n) is 2.57. The van der Waals surface area contributed by atoms with E-state index in [4.69, 9.17) is 0 Å². The lowest BCUT2D eigenvalue weighted by Crippen LogP contribution is -2.17. The van der Waals surface area contributed by atoms with Crippen molar-refractivity contribution in [2.24, 2.45) is 0 Å². The molecule has 0 saturated carbocycles. The third kappa shape index (κ3) is 2.60. The molecule has 2 nitrogen and oxygen atoms in total. The molecule has 0 amide bonds. The molecule has 2 aromatic rings. The summed E-state index contributed by atoms with van der Waals surface area (Å²) in [7, 11) is 2.09. The van der Waals surface area contributed by atoms with Crippen LogP contribution < -0.4 is 4.90 Å². The van der Waals surface area contributed by atoms with Crippen LogP contribution in [0.25, 0.3) is 0 Å². The van der Waals surface area contributed by atoms with E-state index in [0.717, 1.165) is 12.2 Å². The molecule has 16 heavy (non-hydrogen) atoms. The average molecular weight is 212 g/mol. The summed E-state index contributed by atoms with van der Waals surface area (Å²) in [5.74, 6) is 0. The maximum atomic E-state index is 4.32. The molecule has 1 heterocycles. The Labute approximate surface area is 96.6 Å². The molecule has 0 aliphatic rings. The Hall–Kier alpha value is -1.83. The number of nitrogens with zero attached hydrogens (tertiary/aromatic N) is 2. The molecule has 0 aliphatic heterocycles. The first kappa shape index (κ1) is 10.7. The second kappa shape index (κ2) is 4.79. The Bertz CT molecular complexity index is 451. The van der Waals surface area contributed by atoms with Crippen molar-refractivity contribution < 1.29 is 0 Å². The van der Waals surface area contributed by atoms with Crippen molar-refractivity contribution in [3.05, 3.63) is 59.9 Å². The molecule has 1 aromatic carbocycles. The Balaban J connectivity index is 2.12. The molecule has 2 heteroatoms. The van der Waals surface area contributed by atoms with Gasteiger partial charge in [0.05, 0.1) is 12.2 Å². The molecule has 0 fully saturated rings. The van der Waals surface area contributed by atoms with Crippen molar-refractivity contribution in [3.8, 4) is 0 Å². The third-order valence-corrected chi connectivity index (χ3v) is 2.57. The van der Waals surface area contributed by atoms with Crippen LogP contribution in [-0.2, 0) is 6.54 Å². The minimum atomic E-state index is 0.838. The first-order chi connectivity index (χ1) is 7.75. The van der Waals surface area contributed by atoms with E-state index in [1.165, 1.54) is 11.3 Å². The van der Waals surface area contributed by atoms with Crippen molar-refractivity contribution >= 4 is 5.69 Å². The van der Waals surface area contributed by atoms with Crippen LogP contribution in [0.15, 0.2) is 48.7 Å². The van der Waals surface area contributed by atoms with E-state index < -0.39 is 0 Å². The Morgan fingerprint density at radius 2 is 2.00 bits per heavy atom. The zero-order chi connectivity index (χ0) is 11.4. The number of hydrogen-bond acceptors (Lipinski definition) is 2. The van der Waals surface area contributed by atoms with Gasteiger partial charge in [-0.05, 0) is 36.8 Å². The molecule has 2 rings (SSSR count). The fraction of sp³-hybridized carbons (Fsp3) is 0.214. The van der Waals surface area contributed by atoms with Gasteiger partial charge in [-0.1, -0.05) is 18.2 Å². The molecule has 0 saturated heterocycles. The smallest absolute Gasteiger partial charge is 0.0598 e.